The van der Waals surface area contributed by atoms with E-state index in [4.69, 9.17) is 0 Å². The van der Waals surface area contributed by atoms with Crippen LogP contribution in [0.2, 0.25) is 0 Å². The fourth-order valence-electron chi connectivity index (χ4n) is 6.17. The van der Waals surface area contributed by atoms with Gasteiger partial charge in [0, 0.05) is 54.3 Å². The van der Waals surface area contributed by atoms with E-state index >= 15 is 0 Å². The molecule has 1 aliphatic carbocycles. The van der Waals surface area contributed by atoms with E-state index < -0.39 is 6.04 Å². The SMILES string of the molecule is Cc1ccc2[nH]c(C(=O)N[C@H]3CCN(C(=O)C4CCCC4)C[C@H]3NC(=O)c3nc4c(s3)CN(C)CC4)cc2c1. The van der Waals surface area contributed by atoms with Crippen LogP contribution in [0.5, 0.6) is 0 Å². The normalized spacial score (nSPS) is 22.2. The van der Waals surface area contributed by atoms with Gasteiger partial charge in [-0.2, -0.15) is 0 Å². The number of rotatable bonds is 5. The molecule has 6 rings (SSSR count). The lowest BCUT2D eigenvalue weighted by Gasteiger charge is -2.40. The maximum absolute atomic E-state index is 13.4. The Morgan fingerprint density at radius 2 is 1.82 bits per heavy atom. The van der Waals surface area contributed by atoms with Crippen molar-refractivity contribution in [3.05, 3.63) is 51.1 Å². The van der Waals surface area contributed by atoms with E-state index in [0.717, 1.165) is 72.2 Å². The van der Waals surface area contributed by atoms with Crippen molar-refractivity contribution in [3.8, 4) is 0 Å². The van der Waals surface area contributed by atoms with Crippen molar-refractivity contribution in [1.82, 2.24) is 30.4 Å². The lowest BCUT2D eigenvalue weighted by atomic mass is 9.96. The molecule has 10 heteroatoms. The highest BCUT2D eigenvalue weighted by Gasteiger charge is 2.37. The van der Waals surface area contributed by atoms with Crippen LogP contribution in [0.1, 0.15) is 68.5 Å². The molecule has 1 aromatic carbocycles. The fraction of sp³-hybridized carbons (Fsp3) is 0.517. The predicted molar refractivity (Wildman–Crippen MR) is 151 cm³/mol. The number of thiazole rings is 1. The number of aromatic amines is 1. The first-order chi connectivity index (χ1) is 18.8. The monoisotopic (exact) mass is 548 g/mol. The minimum absolute atomic E-state index is 0.0741. The first-order valence-corrected chi connectivity index (χ1v) is 14.8. The standard InChI is InChI=1S/C29H36N6O3S/c1-17-7-8-20-19(13-17)14-23(30-20)26(36)31-21-10-12-35(29(38)18-5-3-4-6-18)15-24(21)32-27(37)28-33-22-9-11-34(2)16-25(22)39-28/h7-8,13-14,18,21,24,30H,3-6,9-12,15-16H2,1-2H3,(H,31,36)(H,32,37)/t21-,24+/m0/s1. The Labute approximate surface area is 232 Å². The number of benzene rings is 1. The van der Waals surface area contributed by atoms with Gasteiger partial charge in [-0.05, 0) is 51.4 Å². The number of aromatic nitrogens is 2. The number of aryl methyl sites for hydroxylation is 1. The van der Waals surface area contributed by atoms with E-state index in [-0.39, 0.29) is 29.7 Å². The first kappa shape index (κ1) is 26.0. The summed E-state index contributed by atoms with van der Waals surface area (Å²) >= 11 is 1.44. The van der Waals surface area contributed by atoms with Crippen LogP contribution in [0.15, 0.2) is 24.3 Å². The number of nitrogens with zero attached hydrogens (tertiary/aromatic N) is 3. The van der Waals surface area contributed by atoms with E-state index in [1.807, 2.05) is 36.1 Å². The van der Waals surface area contributed by atoms with Crippen LogP contribution < -0.4 is 10.6 Å². The third kappa shape index (κ3) is 5.45. The van der Waals surface area contributed by atoms with Gasteiger partial charge in [0.05, 0.1) is 17.8 Å². The number of fused-ring (bicyclic) bond motifs is 2. The van der Waals surface area contributed by atoms with Crippen LogP contribution in [0, 0.1) is 12.8 Å². The largest absolute Gasteiger partial charge is 0.351 e. The third-order valence-electron chi connectivity index (χ3n) is 8.40. The third-order valence-corrected chi connectivity index (χ3v) is 9.48. The zero-order valence-corrected chi connectivity index (χ0v) is 23.4. The fourth-order valence-corrected chi connectivity index (χ4v) is 7.26. The second-order valence-corrected chi connectivity index (χ2v) is 12.4. The summed E-state index contributed by atoms with van der Waals surface area (Å²) < 4.78 is 0. The predicted octanol–water partition coefficient (Wildman–Crippen LogP) is 3.24. The zero-order valence-electron chi connectivity index (χ0n) is 22.6. The number of nitrogens with one attached hydrogen (secondary N) is 3. The van der Waals surface area contributed by atoms with Gasteiger partial charge in [-0.25, -0.2) is 4.98 Å². The molecule has 3 amide bonds. The van der Waals surface area contributed by atoms with E-state index in [0.29, 0.717) is 30.2 Å². The first-order valence-electron chi connectivity index (χ1n) is 14.0. The lowest BCUT2D eigenvalue weighted by Crippen LogP contribution is -2.61. The Morgan fingerprint density at radius 3 is 2.64 bits per heavy atom. The Bertz CT molecular complexity index is 1410. The van der Waals surface area contributed by atoms with Crippen molar-refractivity contribution in [2.45, 2.75) is 64.1 Å². The number of carbonyl (C=O) groups excluding carboxylic acids is 3. The van der Waals surface area contributed by atoms with E-state index in [9.17, 15) is 14.4 Å². The van der Waals surface area contributed by atoms with Gasteiger partial charge in [-0.1, -0.05) is 24.5 Å². The molecule has 3 aromatic rings. The van der Waals surface area contributed by atoms with Crippen LogP contribution in [0.3, 0.4) is 0 Å². The average Bonchev–Trinajstić information content (AvgIpc) is 3.68. The molecule has 1 saturated carbocycles. The van der Waals surface area contributed by atoms with Crippen molar-refractivity contribution >= 4 is 40.0 Å². The average molecular weight is 549 g/mol. The molecular weight excluding hydrogens is 512 g/mol. The van der Waals surface area contributed by atoms with E-state index in [2.05, 4.69) is 32.5 Å². The second-order valence-electron chi connectivity index (χ2n) is 11.4. The lowest BCUT2D eigenvalue weighted by molar-refractivity contribution is -0.136. The molecule has 0 radical (unpaired) electrons. The van der Waals surface area contributed by atoms with Crippen LogP contribution in [-0.2, 0) is 17.8 Å². The summed E-state index contributed by atoms with van der Waals surface area (Å²) in [6.07, 6.45) is 5.48. The number of hydrogen-bond donors (Lipinski definition) is 3. The number of amides is 3. The van der Waals surface area contributed by atoms with E-state index in [1.54, 1.807) is 0 Å². The molecule has 0 spiro atoms. The smallest absolute Gasteiger partial charge is 0.280 e. The van der Waals surface area contributed by atoms with Crippen LogP contribution in [0.4, 0.5) is 0 Å². The van der Waals surface area contributed by atoms with Gasteiger partial charge < -0.3 is 25.4 Å². The van der Waals surface area contributed by atoms with Crippen molar-refractivity contribution < 1.29 is 14.4 Å². The summed E-state index contributed by atoms with van der Waals surface area (Å²) in [6, 6.07) is 7.19. The minimum Gasteiger partial charge on any atom is -0.351 e. The minimum atomic E-state index is -0.407. The number of carbonyl (C=O) groups is 3. The number of hydrogen-bond acceptors (Lipinski definition) is 6. The van der Waals surface area contributed by atoms with Gasteiger partial charge in [-0.3, -0.25) is 14.4 Å². The molecule has 3 N–H and O–H groups in total. The molecule has 0 unspecified atom stereocenters. The molecular formula is C29H36N6O3S. The highest BCUT2D eigenvalue weighted by Crippen LogP contribution is 2.29. The molecule has 2 atom stereocenters. The van der Waals surface area contributed by atoms with Crippen LogP contribution >= 0.6 is 11.3 Å². The molecule has 39 heavy (non-hydrogen) atoms. The Hall–Kier alpha value is -3.24. The van der Waals surface area contributed by atoms with Gasteiger partial charge in [0.1, 0.15) is 5.69 Å². The molecule has 3 aliphatic rings. The maximum Gasteiger partial charge on any atom is 0.280 e. The van der Waals surface area contributed by atoms with Gasteiger partial charge in [0.25, 0.3) is 11.8 Å². The highest BCUT2D eigenvalue weighted by molar-refractivity contribution is 7.13. The molecule has 9 nitrogen and oxygen atoms in total. The van der Waals surface area contributed by atoms with Gasteiger partial charge in [-0.15, -0.1) is 11.3 Å². The van der Waals surface area contributed by atoms with Gasteiger partial charge >= 0.3 is 0 Å². The molecule has 2 fully saturated rings. The summed E-state index contributed by atoms with van der Waals surface area (Å²) in [5.74, 6) is -0.200. The summed E-state index contributed by atoms with van der Waals surface area (Å²) in [7, 11) is 2.07. The molecule has 4 heterocycles. The van der Waals surface area contributed by atoms with E-state index in [1.165, 1.54) is 11.3 Å². The molecule has 1 saturated heterocycles. The quantitative estimate of drug-likeness (QED) is 0.454. The highest BCUT2D eigenvalue weighted by atomic mass is 32.1. The number of likely N-dealkylation sites (N-methyl/N-ethyl adjacent to an activating group) is 1. The Balaban J connectivity index is 1.20. The van der Waals surface area contributed by atoms with Gasteiger partial charge in [0.2, 0.25) is 5.91 Å². The van der Waals surface area contributed by atoms with Crippen molar-refractivity contribution in [2.75, 3.05) is 26.7 Å². The van der Waals surface area contributed by atoms with Crippen LogP contribution in [-0.4, -0.2) is 76.3 Å². The van der Waals surface area contributed by atoms with Gasteiger partial charge in [0.15, 0.2) is 5.01 Å². The van der Waals surface area contributed by atoms with Crippen molar-refractivity contribution in [3.63, 3.8) is 0 Å². The molecule has 0 bridgehead atoms. The molecule has 2 aliphatic heterocycles. The summed E-state index contributed by atoms with van der Waals surface area (Å²) in [5.41, 5.74) is 3.53. The number of piperidine rings is 1. The van der Waals surface area contributed by atoms with Crippen LogP contribution in [0.25, 0.3) is 10.9 Å². The molecule has 2 aromatic heterocycles. The maximum atomic E-state index is 13.4. The number of likely N-dealkylation sites (tertiary alicyclic amines) is 1. The summed E-state index contributed by atoms with van der Waals surface area (Å²) in [6.45, 7) is 4.70. The van der Waals surface area contributed by atoms with Crippen molar-refractivity contribution in [2.24, 2.45) is 5.92 Å². The molecule has 206 valence electrons. The zero-order chi connectivity index (χ0) is 27.1. The summed E-state index contributed by atoms with van der Waals surface area (Å²) in [5, 5.41) is 7.74. The second kappa shape index (κ2) is 10.7. The Kier molecular flexibility index (Phi) is 7.16. The summed E-state index contributed by atoms with van der Waals surface area (Å²) in [4.78, 5) is 53.1. The topological polar surface area (TPSA) is 110 Å². The Morgan fingerprint density at radius 1 is 1.03 bits per heavy atom. The van der Waals surface area contributed by atoms with Crippen molar-refractivity contribution in [1.29, 1.82) is 0 Å². The number of H-pyrrole nitrogens is 1.